The first-order valence-corrected chi connectivity index (χ1v) is 7.45. The summed E-state index contributed by atoms with van der Waals surface area (Å²) in [6, 6.07) is 10.3. The Kier molecular flexibility index (Phi) is 3.64. The van der Waals surface area contributed by atoms with E-state index in [9.17, 15) is 5.11 Å². The molecule has 2 aromatic rings. The Morgan fingerprint density at radius 3 is 2.74 bits per heavy atom. The number of aliphatic hydroxyl groups is 1. The molecule has 0 amide bonds. The molecule has 0 saturated heterocycles. The van der Waals surface area contributed by atoms with Gasteiger partial charge in [0.05, 0.1) is 4.88 Å². The Morgan fingerprint density at radius 2 is 2.05 bits per heavy atom. The van der Waals surface area contributed by atoms with Crippen molar-refractivity contribution in [1.82, 2.24) is 10.3 Å². The van der Waals surface area contributed by atoms with Gasteiger partial charge in [-0.3, -0.25) is 0 Å². The first-order chi connectivity index (χ1) is 9.31. The first kappa shape index (κ1) is 12.8. The summed E-state index contributed by atoms with van der Waals surface area (Å²) in [4.78, 5) is 5.66. The van der Waals surface area contributed by atoms with Crippen LogP contribution in [0, 0.1) is 5.41 Å². The van der Waals surface area contributed by atoms with Crippen LogP contribution in [0.15, 0.2) is 36.5 Å². The Morgan fingerprint density at radius 1 is 1.26 bits per heavy atom. The maximum absolute atomic E-state index is 9.25. The maximum Gasteiger partial charge on any atom is 0.107 e. The quantitative estimate of drug-likeness (QED) is 0.851. The first-order valence-electron chi connectivity index (χ1n) is 6.63. The average molecular weight is 274 g/mol. The van der Waals surface area contributed by atoms with E-state index in [0.29, 0.717) is 6.61 Å². The third-order valence-corrected chi connectivity index (χ3v) is 4.73. The van der Waals surface area contributed by atoms with Gasteiger partial charge in [-0.25, -0.2) is 4.98 Å². The van der Waals surface area contributed by atoms with E-state index in [2.05, 4.69) is 22.4 Å². The summed E-state index contributed by atoms with van der Waals surface area (Å²) in [7, 11) is 0. The average Bonchev–Trinajstić information content (AvgIpc) is 3.09. The van der Waals surface area contributed by atoms with E-state index in [4.69, 9.17) is 0 Å². The van der Waals surface area contributed by atoms with E-state index in [-0.39, 0.29) is 5.41 Å². The molecule has 0 atom stereocenters. The van der Waals surface area contributed by atoms with Crippen LogP contribution in [0.4, 0.5) is 0 Å². The number of rotatable bonds is 6. The lowest BCUT2D eigenvalue weighted by Crippen LogP contribution is -2.25. The summed E-state index contributed by atoms with van der Waals surface area (Å²) in [5.74, 6) is 0. The highest BCUT2D eigenvalue weighted by Crippen LogP contribution is 2.44. The lowest BCUT2D eigenvalue weighted by Gasteiger charge is -2.11. The molecule has 0 bridgehead atoms. The van der Waals surface area contributed by atoms with Crippen LogP contribution in [0.5, 0.6) is 0 Å². The van der Waals surface area contributed by atoms with Crippen molar-refractivity contribution in [1.29, 1.82) is 0 Å². The molecule has 1 fully saturated rings. The van der Waals surface area contributed by atoms with Gasteiger partial charge in [0.15, 0.2) is 0 Å². The third-order valence-electron chi connectivity index (χ3n) is 3.68. The fourth-order valence-corrected chi connectivity index (χ4v) is 3.02. The van der Waals surface area contributed by atoms with Gasteiger partial charge in [0.25, 0.3) is 0 Å². The van der Waals surface area contributed by atoms with Crippen molar-refractivity contribution in [2.45, 2.75) is 19.4 Å². The molecule has 0 spiro atoms. The van der Waals surface area contributed by atoms with Gasteiger partial charge in [0.2, 0.25) is 0 Å². The van der Waals surface area contributed by atoms with Crippen LogP contribution >= 0.6 is 11.3 Å². The van der Waals surface area contributed by atoms with E-state index in [1.165, 1.54) is 10.4 Å². The zero-order valence-electron chi connectivity index (χ0n) is 10.8. The maximum atomic E-state index is 9.25. The topological polar surface area (TPSA) is 45.1 Å². The number of aliphatic hydroxyl groups excluding tert-OH is 1. The molecule has 100 valence electrons. The molecular formula is C15H18N2OS. The number of hydrogen-bond acceptors (Lipinski definition) is 4. The molecular weight excluding hydrogens is 256 g/mol. The van der Waals surface area contributed by atoms with E-state index < -0.39 is 0 Å². The molecule has 0 unspecified atom stereocenters. The van der Waals surface area contributed by atoms with Crippen molar-refractivity contribution in [3.63, 3.8) is 0 Å². The van der Waals surface area contributed by atoms with Crippen LogP contribution in [0.3, 0.4) is 0 Å². The van der Waals surface area contributed by atoms with Gasteiger partial charge in [0, 0.05) is 31.3 Å². The van der Waals surface area contributed by atoms with Crippen LogP contribution in [-0.2, 0) is 6.54 Å². The molecule has 3 nitrogen and oxygen atoms in total. The largest absolute Gasteiger partial charge is 0.396 e. The van der Waals surface area contributed by atoms with Crippen LogP contribution in [0.2, 0.25) is 0 Å². The normalized spacial score (nSPS) is 16.5. The molecule has 1 aliphatic rings. The van der Waals surface area contributed by atoms with Crippen molar-refractivity contribution in [2.75, 3.05) is 13.2 Å². The number of nitrogens with one attached hydrogen (secondary N) is 1. The van der Waals surface area contributed by atoms with Crippen molar-refractivity contribution in [3.05, 3.63) is 41.5 Å². The molecule has 1 aliphatic carbocycles. The molecule has 1 aromatic heterocycles. The highest BCUT2D eigenvalue weighted by atomic mass is 32.1. The monoisotopic (exact) mass is 274 g/mol. The van der Waals surface area contributed by atoms with Crippen LogP contribution < -0.4 is 5.32 Å². The van der Waals surface area contributed by atoms with Crippen LogP contribution in [0.1, 0.15) is 17.8 Å². The zero-order chi connectivity index (χ0) is 13.1. The van der Waals surface area contributed by atoms with E-state index >= 15 is 0 Å². The molecule has 0 aliphatic heterocycles. The highest BCUT2D eigenvalue weighted by Gasteiger charge is 2.41. The molecule has 0 radical (unpaired) electrons. The molecule has 1 heterocycles. The summed E-state index contributed by atoms with van der Waals surface area (Å²) < 4.78 is 0. The second-order valence-corrected chi connectivity index (χ2v) is 6.36. The van der Waals surface area contributed by atoms with Gasteiger partial charge in [-0.05, 0) is 18.4 Å². The number of aromatic nitrogens is 1. The van der Waals surface area contributed by atoms with Crippen molar-refractivity contribution >= 4 is 11.3 Å². The summed E-state index contributed by atoms with van der Waals surface area (Å²) in [6.45, 7) is 1.98. The summed E-state index contributed by atoms with van der Waals surface area (Å²) in [6.07, 6.45) is 4.23. The molecule has 1 saturated carbocycles. The predicted molar refractivity (Wildman–Crippen MR) is 78.0 cm³/mol. The fraction of sp³-hybridized carbons (Fsp3) is 0.400. The van der Waals surface area contributed by atoms with Crippen molar-refractivity contribution < 1.29 is 5.11 Å². The number of thiazole rings is 1. The van der Waals surface area contributed by atoms with Crippen molar-refractivity contribution in [2.24, 2.45) is 5.41 Å². The molecule has 3 rings (SSSR count). The summed E-state index contributed by atoms with van der Waals surface area (Å²) in [5, 5.41) is 13.8. The van der Waals surface area contributed by atoms with Gasteiger partial charge < -0.3 is 10.4 Å². The van der Waals surface area contributed by atoms with Gasteiger partial charge in [-0.1, -0.05) is 30.3 Å². The third kappa shape index (κ3) is 3.03. The lowest BCUT2D eigenvalue weighted by atomic mass is 10.1. The zero-order valence-corrected chi connectivity index (χ0v) is 11.6. The minimum Gasteiger partial charge on any atom is -0.396 e. The van der Waals surface area contributed by atoms with E-state index in [1.807, 2.05) is 24.4 Å². The summed E-state index contributed by atoms with van der Waals surface area (Å²) >= 11 is 1.73. The standard InChI is InChI=1S/C15H18N2OS/c18-11-15(6-7-15)10-16-9-14-17-8-13(19-14)12-4-2-1-3-5-12/h1-5,8,16,18H,6-7,9-11H2. The SMILES string of the molecule is OCC1(CNCc2ncc(-c3ccccc3)s2)CC1. The number of benzene rings is 1. The second-order valence-electron chi connectivity index (χ2n) is 5.25. The smallest absolute Gasteiger partial charge is 0.107 e. The van der Waals surface area contributed by atoms with Gasteiger partial charge >= 0.3 is 0 Å². The Hall–Kier alpha value is -1.23. The lowest BCUT2D eigenvalue weighted by molar-refractivity contribution is 0.207. The molecule has 4 heteroatoms. The number of hydrogen-bond donors (Lipinski definition) is 2. The predicted octanol–water partition coefficient (Wildman–Crippen LogP) is 2.67. The minimum atomic E-state index is 0.166. The fourth-order valence-electron chi connectivity index (χ4n) is 2.13. The van der Waals surface area contributed by atoms with Gasteiger partial charge in [0.1, 0.15) is 5.01 Å². The molecule has 19 heavy (non-hydrogen) atoms. The van der Waals surface area contributed by atoms with Crippen molar-refractivity contribution in [3.8, 4) is 10.4 Å². The van der Waals surface area contributed by atoms with E-state index in [1.54, 1.807) is 11.3 Å². The van der Waals surface area contributed by atoms with Gasteiger partial charge in [-0.2, -0.15) is 0 Å². The Balaban J connectivity index is 1.57. The van der Waals surface area contributed by atoms with Crippen LogP contribution in [0.25, 0.3) is 10.4 Å². The minimum absolute atomic E-state index is 0.166. The summed E-state index contributed by atoms with van der Waals surface area (Å²) in [5.41, 5.74) is 1.39. The molecule has 1 aromatic carbocycles. The van der Waals surface area contributed by atoms with E-state index in [0.717, 1.165) is 30.9 Å². The number of nitrogens with zero attached hydrogens (tertiary/aromatic N) is 1. The highest BCUT2D eigenvalue weighted by molar-refractivity contribution is 7.15. The molecule has 2 N–H and O–H groups in total. The Labute approximate surface area is 117 Å². The Bertz CT molecular complexity index is 534. The van der Waals surface area contributed by atoms with Gasteiger partial charge in [-0.15, -0.1) is 11.3 Å². The van der Waals surface area contributed by atoms with Crippen LogP contribution in [-0.4, -0.2) is 23.2 Å². The second kappa shape index (κ2) is 5.41.